The number of benzene rings is 1. The fraction of sp³-hybridized carbons (Fsp3) is 0.429. The summed E-state index contributed by atoms with van der Waals surface area (Å²) >= 11 is 0. The molecule has 1 heterocycles. The Morgan fingerprint density at radius 2 is 1.94 bits per heavy atom. The summed E-state index contributed by atoms with van der Waals surface area (Å²) in [6, 6.07) is 8.21. The van der Waals surface area contributed by atoms with Crippen LogP contribution >= 0.6 is 0 Å². The smallest absolute Gasteiger partial charge is 0.0890 e. The van der Waals surface area contributed by atoms with E-state index in [0.29, 0.717) is 25.0 Å². The van der Waals surface area contributed by atoms with Gasteiger partial charge in [-0.1, -0.05) is 26.0 Å². The van der Waals surface area contributed by atoms with Crippen molar-refractivity contribution in [3.8, 4) is 0 Å². The van der Waals surface area contributed by atoms with Gasteiger partial charge < -0.3 is 11.1 Å². The summed E-state index contributed by atoms with van der Waals surface area (Å²) in [5.74, 6) is 0.517. The summed E-state index contributed by atoms with van der Waals surface area (Å²) in [5.41, 5.74) is 8.55. The van der Waals surface area contributed by atoms with Gasteiger partial charge in [0.2, 0.25) is 0 Å². The van der Waals surface area contributed by atoms with Gasteiger partial charge in [0.1, 0.15) is 0 Å². The Morgan fingerprint density at radius 1 is 1.22 bits per heavy atom. The van der Waals surface area contributed by atoms with E-state index in [1.807, 2.05) is 30.5 Å². The molecule has 0 bridgehead atoms. The first-order valence-electron chi connectivity index (χ1n) is 6.35. The molecule has 0 radical (unpaired) electrons. The van der Waals surface area contributed by atoms with Crippen LogP contribution in [0, 0.1) is 5.92 Å². The van der Waals surface area contributed by atoms with Gasteiger partial charge in [0.05, 0.1) is 22.9 Å². The van der Waals surface area contributed by atoms with Crippen molar-refractivity contribution in [2.75, 3.05) is 6.54 Å². The largest absolute Gasteiger partial charge is 0.329 e. The van der Waals surface area contributed by atoms with Crippen LogP contribution in [0.3, 0.4) is 0 Å². The van der Waals surface area contributed by atoms with Crippen LogP contribution in [-0.2, 0) is 6.54 Å². The molecule has 0 spiro atoms. The minimum absolute atomic E-state index is 0.318. The maximum absolute atomic E-state index is 5.73. The molecule has 0 aliphatic rings. The van der Waals surface area contributed by atoms with Crippen LogP contribution in [0.2, 0.25) is 0 Å². The molecule has 2 aromatic rings. The number of rotatable bonds is 5. The van der Waals surface area contributed by atoms with Gasteiger partial charge in [-0.3, -0.25) is 4.98 Å². The van der Waals surface area contributed by atoms with E-state index >= 15 is 0 Å². The average Bonchev–Trinajstić information content (AvgIpc) is 2.39. The molecule has 96 valence electrons. The number of hydrogen-bond donors (Lipinski definition) is 2. The number of para-hydroxylation sites is 2. The normalized spacial score (nSPS) is 13.1. The lowest BCUT2D eigenvalue weighted by Gasteiger charge is -2.20. The van der Waals surface area contributed by atoms with Crippen molar-refractivity contribution < 1.29 is 0 Å². The summed E-state index contributed by atoms with van der Waals surface area (Å²) in [6.45, 7) is 5.67. The summed E-state index contributed by atoms with van der Waals surface area (Å²) < 4.78 is 0. The van der Waals surface area contributed by atoms with Crippen LogP contribution in [-0.4, -0.2) is 22.6 Å². The SMILES string of the molecule is CC(C)C(CN)NCc1cnc2ccccc2n1. The van der Waals surface area contributed by atoms with Gasteiger partial charge in [-0.15, -0.1) is 0 Å². The van der Waals surface area contributed by atoms with Crippen molar-refractivity contribution in [1.29, 1.82) is 0 Å². The predicted octanol–water partition coefficient (Wildman–Crippen LogP) is 1.70. The van der Waals surface area contributed by atoms with Crippen LogP contribution in [0.5, 0.6) is 0 Å². The quantitative estimate of drug-likeness (QED) is 0.840. The van der Waals surface area contributed by atoms with E-state index in [-0.39, 0.29) is 0 Å². The van der Waals surface area contributed by atoms with Crippen LogP contribution in [0.25, 0.3) is 11.0 Å². The lowest BCUT2D eigenvalue weighted by Crippen LogP contribution is -2.39. The first-order valence-corrected chi connectivity index (χ1v) is 6.35. The molecule has 0 aliphatic carbocycles. The molecule has 0 aliphatic heterocycles. The molecule has 4 heteroatoms. The zero-order chi connectivity index (χ0) is 13.0. The molecule has 0 saturated heterocycles. The van der Waals surface area contributed by atoms with E-state index in [4.69, 9.17) is 5.73 Å². The average molecular weight is 244 g/mol. The fourth-order valence-corrected chi connectivity index (χ4v) is 1.91. The number of nitrogens with two attached hydrogens (primary N) is 1. The molecule has 3 N–H and O–H groups in total. The maximum atomic E-state index is 5.73. The first-order chi connectivity index (χ1) is 8.70. The number of nitrogens with zero attached hydrogens (tertiary/aromatic N) is 2. The molecule has 1 aromatic heterocycles. The molecule has 0 amide bonds. The van der Waals surface area contributed by atoms with Gasteiger partial charge in [-0.05, 0) is 18.1 Å². The standard InChI is InChI=1S/C14H20N4/c1-10(2)14(7-15)17-9-11-8-16-12-5-3-4-6-13(12)18-11/h3-6,8,10,14,17H,7,9,15H2,1-2H3. The second kappa shape index (κ2) is 5.89. The van der Waals surface area contributed by atoms with E-state index in [9.17, 15) is 0 Å². The highest BCUT2D eigenvalue weighted by atomic mass is 15.0. The summed E-state index contributed by atoms with van der Waals surface area (Å²) in [5, 5.41) is 3.42. The van der Waals surface area contributed by atoms with Gasteiger partial charge in [-0.2, -0.15) is 0 Å². The van der Waals surface area contributed by atoms with Crippen molar-refractivity contribution in [3.63, 3.8) is 0 Å². The number of fused-ring (bicyclic) bond motifs is 1. The van der Waals surface area contributed by atoms with Gasteiger partial charge >= 0.3 is 0 Å². The van der Waals surface area contributed by atoms with Crippen molar-refractivity contribution in [2.45, 2.75) is 26.4 Å². The minimum atomic E-state index is 0.318. The Kier molecular flexibility index (Phi) is 4.23. The number of aromatic nitrogens is 2. The number of hydrogen-bond acceptors (Lipinski definition) is 4. The third-order valence-electron chi connectivity index (χ3n) is 3.10. The van der Waals surface area contributed by atoms with Crippen molar-refractivity contribution in [2.24, 2.45) is 11.7 Å². The second-order valence-electron chi connectivity index (χ2n) is 4.82. The predicted molar refractivity (Wildman–Crippen MR) is 74.1 cm³/mol. The molecule has 1 atom stereocenters. The summed E-state index contributed by atoms with van der Waals surface area (Å²) in [4.78, 5) is 8.97. The third-order valence-corrected chi connectivity index (χ3v) is 3.10. The Labute approximate surface area is 108 Å². The highest BCUT2D eigenvalue weighted by Gasteiger charge is 2.10. The molecular formula is C14H20N4. The molecule has 18 heavy (non-hydrogen) atoms. The lowest BCUT2D eigenvalue weighted by molar-refractivity contribution is 0.403. The van der Waals surface area contributed by atoms with Crippen molar-refractivity contribution in [3.05, 3.63) is 36.2 Å². The highest BCUT2D eigenvalue weighted by molar-refractivity contribution is 5.73. The zero-order valence-corrected chi connectivity index (χ0v) is 10.9. The molecule has 4 nitrogen and oxygen atoms in total. The van der Waals surface area contributed by atoms with E-state index in [2.05, 4.69) is 29.1 Å². The molecule has 0 saturated carbocycles. The second-order valence-corrected chi connectivity index (χ2v) is 4.82. The number of nitrogens with one attached hydrogen (secondary N) is 1. The van der Waals surface area contributed by atoms with Gasteiger partial charge in [0, 0.05) is 19.1 Å². The topological polar surface area (TPSA) is 63.8 Å². The Morgan fingerprint density at radius 3 is 2.61 bits per heavy atom. The first kappa shape index (κ1) is 12.9. The zero-order valence-electron chi connectivity index (χ0n) is 10.9. The van der Waals surface area contributed by atoms with E-state index < -0.39 is 0 Å². The third kappa shape index (κ3) is 3.03. The minimum Gasteiger partial charge on any atom is -0.329 e. The Bertz CT molecular complexity index is 510. The molecule has 0 fully saturated rings. The maximum Gasteiger partial charge on any atom is 0.0890 e. The van der Waals surface area contributed by atoms with E-state index in [1.165, 1.54) is 0 Å². The van der Waals surface area contributed by atoms with Crippen molar-refractivity contribution >= 4 is 11.0 Å². The molecule has 1 aromatic carbocycles. The van der Waals surface area contributed by atoms with Crippen LogP contribution in [0.4, 0.5) is 0 Å². The fourth-order valence-electron chi connectivity index (χ4n) is 1.91. The highest BCUT2D eigenvalue weighted by Crippen LogP contribution is 2.09. The molecule has 2 rings (SSSR count). The van der Waals surface area contributed by atoms with E-state index in [1.54, 1.807) is 0 Å². The Balaban J connectivity index is 2.07. The van der Waals surface area contributed by atoms with Crippen LogP contribution in [0.15, 0.2) is 30.5 Å². The monoisotopic (exact) mass is 244 g/mol. The van der Waals surface area contributed by atoms with Crippen LogP contribution < -0.4 is 11.1 Å². The van der Waals surface area contributed by atoms with Gasteiger partial charge in [0.25, 0.3) is 0 Å². The Hall–Kier alpha value is -1.52. The lowest BCUT2D eigenvalue weighted by atomic mass is 10.0. The van der Waals surface area contributed by atoms with Crippen molar-refractivity contribution in [1.82, 2.24) is 15.3 Å². The molecular weight excluding hydrogens is 224 g/mol. The van der Waals surface area contributed by atoms with Gasteiger partial charge in [0.15, 0.2) is 0 Å². The molecule has 1 unspecified atom stereocenters. The summed E-state index contributed by atoms with van der Waals surface area (Å²) in [7, 11) is 0. The van der Waals surface area contributed by atoms with Crippen LogP contribution in [0.1, 0.15) is 19.5 Å². The summed E-state index contributed by atoms with van der Waals surface area (Å²) in [6.07, 6.45) is 1.82. The van der Waals surface area contributed by atoms with Gasteiger partial charge in [-0.25, -0.2) is 4.98 Å². The van der Waals surface area contributed by atoms with E-state index in [0.717, 1.165) is 16.7 Å².